The summed E-state index contributed by atoms with van der Waals surface area (Å²) in [6.45, 7) is 1.36. The van der Waals surface area contributed by atoms with Gasteiger partial charge in [-0.1, -0.05) is 46.4 Å². The normalized spacial score (nSPS) is 11.3. The minimum atomic E-state index is -1.51. The number of nitrogens with zero attached hydrogens (tertiary/aromatic N) is 1. The highest BCUT2D eigenvalue weighted by molar-refractivity contribution is 6.58. The Morgan fingerprint density at radius 3 is 2.20 bits per heavy atom. The number of aromatic nitrogens is 1. The van der Waals surface area contributed by atoms with Crippen LogP contribution in [-0.2, 0) is 4.79 Å². The molecule has 0 bridgehead atoms. The van der Waals surface area contributed by atoms with Gasteiger partial charge in [-0.3, -0.25) is 4.79 Å². The molecule has 0 aliphatic rings. The lowest BCUT2D eigenvalue weighted by atomic mass is 10.3. The molecule has 15 heavy (non-hydrogen) atoms. The summed E-state index contributed by atoms with van der Waals surface area (Å²) >= 11 is 22.4. The molecule has 0 radical (unpaired) electrons. The maximum absolute atomic E-state index is 11.4. The molecule has 1 aromatic rings. The Kier molecular flexibility index (Phi) is 4.06. The van der Waals surface area contributed by atoms with Gasteiger partial charge in [-0.2, -0.15) is 0 Å². The average Bonchev–Trinajstić information content (AvgIpc) is 1.99. The molecule has 0 saturated carbocycles. The zero-order chi connectivity index (χ0) is 11.6. The Balaban J connectivity index is 2.86. The van der Waals surface area contributed by atoms with E-state index in [2.05, 4.69) is 10.3 Å². The van der Waals surface area contributed by atoms with Crippen molar-refractivity contribution in [3.63, 3.8) is 0 Å². The number of hydrogen-bond donors (Lipinski definition) is 1. The van der Waals surface area contributed by atoms with E-state index in [0.717, 1.165) is 0 Å². The van der Waals surface area contributed by atoms with Crippen molar-refractivity contribution < 1.29 is 4.79 Å². The molecule has 1 heterocycles. The predicted molar refractivity (Wildman–Crippen MR) is 63.0 cm³/mol. The van der Waals surface area contributed by atoms with Crippen molar-refractivity contribution in [2.75, 3.05) is 5.32 Å². The second-order valence-electron chi connectivity index (χ2n) is 2.84. The van der Waals surface area contributed by atoms with E-state index in [4.69, 9.17) is 46.4 Å². The maximum Gasteiger partial charge on any atom is 0.260 e. The van der Waals surface area contributed by atoms with Crippen LogP contribution in [0.2, 0.25) is 10.3 Å². The first-order chi connectivity index (χ1) is 6.79. The van der Waals surface area contributed by atoms with Crippen LogP contribution >= 0.6 is 46.4 Å². The second kappa shape index (κ2) is 4.74. The topological polar surface area (TPSA) is 42.0 Å². The summed E-state index contributed by atoms with van der Waals surface area (Å²) in [5.41, 5.74) is 0.387. The summed E-state index contributed by atoms with van der Waals surface area (Å²) < 4.78 is -1.51. The molecule has 82 valence electrons. The third kappa shape index (κ3) is 4.03. The molecule has 0 aromatic carbocycles. The van der Waals surface area contributed by atoms with Crippen molar-refractivity contribution in [3.05, 3.63) is 22.4 Å². The maximum atomic E-state index is 11.4. The van der Waals surface area contributed by atoms with E-state index >= 15 is 0 Å². The first-order valence-corrected chi connectivity index (χ1v) is 5.32. The highest BCUT2D eigenvalue weighted by atomic mass is 35.5. The molecule has 1 N–H and O–H groups in total. The lowest BCUT2D eigenvalue weighted by Crippen LogP contribution is -2.29. The lowest BCUT2D eigenvalue weighted by molar-refractivity contribution is -0.116. The first-order valence-electron chi connectivity index (χ1n) is 3.81. The fraction of sp³-hybridized carbons (Fsp3) is 0.250. The Morgan fingerprint density at radius 1 is 1.33 bits per heavy atom. The highest BCUT2D eigenvalue weighted by Gasteiger charge is 2.27. The monoisotopic (exact) mass is 286 g/mol. The van der Waals surface area contributed by atoms with Crippen molar-refractivity contribution in [2.24, 2.45) is 0 Å². The number of hydrogen-bond acceptors (Lipinski definition) is 2. The minimum absolute atomic E-state index is 0.170. The fourth-order valence-corrected chi connectivity index (χ4v) is 1.33. The van der Waals surface area contributed by atoms with Gasteiger partial charge in [0.05, 0.1) is 0 Å². The van der Waals surface area contributed by atoms with Gasteiger partial charge in [0, 0.05) is 5.69 Å². The Morgan fingerprint density at radius 2 is 1.80 bits per heavy atom. The van der Waals surface area contributed by atoms with Gasteiger partial charge < -0.3 is 5.32 Å². The lowest BCUT2D eigenvalue weighted by Gasteiger charge is -2.13. The zero-order valence-corrected chi connectivity index (χ0v) is 10.5. The number of anilines is 1. The van der Waals surface area contributed by atoms with Gasteiger partial charge >= 0.3 is 0 Å². The van der Waals surface area contributed by atoms with Gasteiger partial charge in [0.2, 0.25) is 0 Å². The van der Waals surface area contributed by atoms with Crippen LogP contribution in [0.5, 0.6) is 0 Å². The van der Waals surface area contributed by atoms with E-state index in [9.17, 15) is 4.79 Å². The van der Waals surface area contributed by atoms with E-state index in [1.165, 1.54) is 19.1 Å². The molecule has 3 nitrogen and oxygen atoms in total. The quantitative estimate of drug-likeness (QED) is 0.668. The van der Waals surface area contributed by atoms with Crippen LogP contribution in [0.3, 0.4) is 0 Å². The number of alkyl halides is 2. The molecule has 1 aromatic heterocycles. The minimum Gasteiger partial charge on any atom is -0.323 e. The van der Waals surface area contributed by atoms with Gasteiger partial charge in [-0.25, -0.2) is 4.98 Å². The van der Waals surface area contributed by atoms with E-state index < -0.39 is 10.2 Å². The molecule has 7 heteroatoms. The summed E-state index contributed by atoms with van der Waals surface area (Å²) in [7, 11) is 0. The second-order valence-corrected chi connectivity index (χ2v) is 5.32. The summed E-state index contributed by atoms with van der Waals surface area (Å²) in [6.07, 6.45) is 0. The van der Waals surface area contributed by atoms with Crippen LogP contribution in [0, 0.1) is 0 Å². The van der Waals surface area contributed by atoms with Gasteiger partial charge in [0.25, 0.3) is 5.91 Å². The number of carbonyl (C=O) groups excluding carboxylic acids is 1. The average molecular weight is 288 g/mol. The molecule has 0 fully saturated rings. The number of amides is 1. The van der Waals surface area contributed by atoms with Crippen LogP contribution < -0.4 is 5.32 Å². The third-order valence-corrected chi connectivity index (χ3v) is 2.15. The summed E-state index contributed by atoms with van der Waals surface area (Å²) in [6, 6.07) is 2.87. The zero-order valence-electron chi connectivity index (χ0n) is 7.52. The molecule has 0 atom stereocenters. The van der Waals surface area contributed by atoms with Gasteiger partial charge in [0.1, 0.15) is 10.3 Å². The van der Waals surface area contributed by atoms with E-state index in [0.29, 0.717) is 5.69 Å². The smallest absolute Gasteiger partial charge is 0.260 e. The molecule has 1 rings (SSSR count). The summed E-state index contributed by atoms with van der Waals surface area (Å²) in [5, 5.41) is 2.79. The van der Waals surface area contributed by atoms with Gasteiger partial charge in [-0.05, 0) is 19.1 Å². The number of nitrogens with one attached hydrogen (secondary N) is 1. The Hall–Kier alpha value is -0.220. The Bertz CT molecular complexity index is 368. The Labute approximate surface area is 107 Å². The molecular weight excluding hydrogens is 282 g/mol. The summed E-state index contributed by atoms with van der Waals surface area (Å²) in [4.78, 5) is 15.1. The van der Waals surface area contributed by atoms with Crippen LogP contribution in [-0.4, -0.2) is 15.2 Å². The highest BCUT2D eigenvalue weighted by Crippen LogP contribution is 2.24. The van der Waals surface area contributed by atoms with E-state index in [-0.39, 0.29) is 10.3 Å². The molecule has 0 aliphatic carbocycles. The van der Waals surface area contributed by atoms with Gasteiger partial charge in [0.15, 0.2) is 4.33 Å². The van der Waals surface area contributed by atoms with Crippen molar-refractivity contribution in [1.82, 2.24) is 4.98 Å². The van der Waals surface area contributed by atoms with Crippen LogP contribution in [0.25, 0.3) is 0 Å². The fourth-order valence-electron chi connectivity index (χ4n) is 0.778. The number of rotatable bonds is 2. The standard InChI is InChI=1S/C8H6Cl4N2O/c1-8(11,12)7(15)13-4-2-5(9)14-6(10)3-4/h2-3H,1H3,(H,13,14,15). The van der Waals surface area contributed by atoms with Crippen LogP contribution in [0.4, 0.5) is 5.69 Å². The summed E-state index contributed by atoms with van der Waals surface area (Å²) in [5.74, 6) is -0.566. The van der Waals surface area contributed by atoms with Gasteiger partial charge in [-0.15, -0.1) is 0 Å². The number of carbonyl (C=O) groups is 1. The van der Waals surface area contributed by atoms with Crippen LogP contribution in [0.15, 0.2) is 12.1 Å². The molecule has 1 amide bonds. The molecule has 0 saturated heterocycles. The SMILES string of the molecule is CC(Cl)(Cl)C(=O)Nc1cc(Cl)nc(Cl)c1. The van der Waals surface area contributed by atoms with Crippen molar-refractivity contribution in [3.8, 4) is 0 Å². The molecule has 0 spiro atoms. The van der Waals surface area contributed by atoms with E-state index in [1.54, 1.807) is 0 Å². The van der Waals surface area contributed by atoms with Crippen molar-refractivity contribution in [2.45, 2.75) is 11.3 Å². The van der Waals surface area contributed by atoms with Crippen LogP contribution in [0.1, 0.15) is 6.92 Å². The number of halogens is 4. The number of pyridine rings is 1. The van der Waals surface area contributed by atoms with Crippen molar-refractivity contribution >= 4 is 58.0 Å². The van der Waals surface area contributed by atoms with E-state index in [1.807, 2.05) is 0 Å². The molecule has 0 unspecified atom stereocenters. The molecule has 0 aliphatic heterocycles. The predicted octanol–water partition coefficient (Wildman–Crippen LogP) is 3.52. The molecular formula is C8H6Cl4N2O. The van der Waals surface area contributed by atoms with Crippen molar-refractivity contribution in [1.29, 1.82) is 0 Å². The third-order valence-electron chi connectivity index (χ3n) is 1.42. The largest absolute Gasteiger partial charge is 0.323 e. The first kappa shape index (κ1) is 12.8.